The van der Waals surface area contributed by atoms with E-state index in [1.165, 1.54) is 0 Å². The highest BCUT2D eigenvalue weighted by Gasteiger charge is 2.10. The van der Waals surface area contributed by atoms with Gasteiger partial charge in [0.05, 0.1) is 0 Å². The quantitative estimate of drug-likeness (QED) is 0.555. The molecule has 16 heavy (non-hydrogen) atoms. The Bertz CT molecular complexity index is 626. The van der Waals surface area contributed by atoms with E-state index in [2.05, 4.69) is 0 Å². The lowest BCUT2D eigenvalue weighted by molar-refractivity contribution is 0.633. The van der Waals surface area contributed by atoms with Crippen molar-refractivity contribution in [2.24, 2.45) is 0 Å². The van der Waals surface area contributed by atoms with Crippen molar-refractivity contribution in [3.05, 3.63) is 54.6 Å². The minimum absolute atomic E-state index is 0.710. The minimum Gasteiger partial charge on any atom is -0.457 e. The van der Waals surface area contributed by atoms with E-state index >= 15 is 0 Å². The lowest BCUT2D eigenvalue weighted by Crippen LogP contribution is -2.02. The highest BCUT2D eigenvalue weighted by molar-refractivity contribution is 6.41. The van der Waals surface area contributed by atoms with E-state index in [4.69, 9.17) is 12.3 Å². The molecule has 0 atom stereocenters. The second-order valence-electron chi connectivity index (χ2n) is 3.71. The summed E-state index contributed by atoms with van der Waals surface area (Å²) < 4.78 is 5.76. The Morgan fingerprint density at radius 2 is 1.50 bits per heavy atom. The molecule has 0 fully saturated rings. The maximum atomic E-state index is 6.08. The van der Waals surface area contributed by atoms with Crippen LogP contribution in [0.3, 0.4) is 0 Å². The van der Waals surface area contributed by atoms with Crippen molar-refractivity contribution in [1.82, 2.24) is 0 Å². The molecule has 0 aliphatic rings. The summed E-state index contributed by atoms with van der Waals surface area (Å²) in [6.45, 7) is 0. The van der Waals surface area contributed by atoms with Crippen molar-refractivity contribution in [3.8, 4) is 11.3 Å². The molecular weight excluding hydrogens is 195 g/mol. The van der Waals surface area contributed by atoms with Gasteiger partial charge in [0, 0.05) is 10.9 Å². The molecule has 74 valence electrons. The van der Waals surface area contributed by atoms with E-state index in [1.54, 1.807) is 0 Å². The van der Waals surface area contributed by atoms with Crippen LogP contribution in [0.25, 0.3) is 22.3 Å². The van der Waals surface area contributed by atoms with Gasteiger partial charge >= 0.3 is 0 Å². The van der Waals surface area contributed by atoms with Gasteiger partial charge in [0.15, 0.2) is 0 Å². The summed E-state index contributed by atoms with van der Waals surface area (Å²) >= 11 is 0. The Kier molecular flexibility index (Phi) is 2.07. The van der Waals surface area contributed by atoms with Crippen LogP contribution in [0.5, 0.6) is 0 Å². The van der Waals surface area contributed by atoms with Crippen LogP contribution in [0.2, 0.25) is 0 Å². The van der Waals surface area contributed by atoms with Crippen molar-refractivity contribution in [2.45, 2.75) is 0 Å². The Hall–Kier alpha value is -1.96. The minimum atomic E-state index is 0.710. The lowest BCUT2D eigenvalue weighted by Gasteiger charge is -1.97. The topological polar surface area (TPSA) is 13.1 Å². The summed E-state index contributed by atoms with van der Waals surface area (Å²) in [4.78, 5) is 0. The SMILES string of the molecule is [B]c1c(-c2ccccc2)oc2ccccc12. The van der Waals surface area contributed by atoms with Gasteiger partial charge in [0.25, 0.3) is 0 Å². The van der Waals surface area contributed by atoms with E-state index in [0.717, 1.165) is 22.3 Å². The zero-order valence-corrected chi connectivity index (χ0v) is 8.68. The number of rotatable bonds is 1. The monoisotopic (exact) mass is 204 g/mol. The van der Waals surface area contributed by atoms with Gasteiger partial charge in [-0.25, -0.2) is 0 Å². The number of para-hydroxylation sites is 1. The van der Waals surface area contributed by atoms with Crippen LogP contribution >= 0.6 is 0 Å². The molecule has 0 saturated carbocycles. The van der Waals surface area contributed by atoms with Gasteiger partial charge < -0.3 is 4.42 Å². The first-order chi connectivity index (χ1) is 7.86. The summed E-state index contributed by atoms with van der Waals surface area (Å²) in [5.41, 5.74) is 2.55. The number of fused-ring (bicyclic) bond motifs is 1. The molecule has 1 nitrogen and oxygen atoms in total. The van der Waals surface area contributed by atoms with Gasteiger partial charge in [-0.3, -0.25) is 0 Å². The van der Waals surface area contributed by atoms with E-state index in [9.17, 15) is 0 Å². The van der Waals surface area contributed by atoms with E-state index in [-0.39, 0.29) is 0 Å². The maximum absolute atomic E-state index is 6.08. The second kappa shape index (κ2) is 3.56. The van der Waals surface area contributed by atoms with Crippen LogP contribution in [-0.2, 0) is 0 Å². The third kappa shape index (κ3) is 1.35. The van der Waals surface area contributed by atoms with Crippen LogP contribution in [0.4, 0.5) is 0 Å². The van der Waals surface area contributed by atoms with Gasteiger partial charge in [-0.05, 0) is 11.5 Å². The molecule has 0 saturated heterocycles. The Morgan fingerprint density at radius 3 is 2.25 bits per heavy atom. The van der Waals surface area contributed by atoms with Gasteiger partial charge in [0.1, 0.15) is 19.2 Å². The average Bonchev–Trinajstić information content (AvgIpc) is 2.69. The fraction of sp³-hybridized carbons (Fsp3) is 0. The molecule has 2 radical (unpaired) electrons. The average molecular weight is 204 g/mol. The van der Waals surface area contributed by atoms with Crippen molar-refractivity contribution >= 4 is 24.3 Å². The molecule has 2 aromatic carbocycles. The molecule has 1 heterocycles. The van der Waals surface area contributed by atoms with Crippen LogP contribution in [-0.4, -0.2) is 7.85 Å². The van der Waals surface area contributed by atoms with Crippen molar-refractivity contribution in [2.75, 3.05) is 0 Å². The molecule has 1 aromatic heterocycles. The molecule has 0 amide bonds. The van der Waals surface area contributed by atoms with Crippen LogP contribution in [0.1, 0.15) is 0 Å². The third-order valence-electron chi connectivity index (χ3n) is 2.67. The van der Waals surface area contributed by atoms with Crippen LogP contribution in [0, 0.1) is 0 Å². The Labute approximate surface area is 95.1 Å². The van der Waals surface area contributed by atoms with E-state index in [1.807, 2.05) is 54.6 Å². The fourth-order valence-electron chi connectivity index (χ4n) is 1.87. The lowest BCUT2D eigenvalue weighted by atomic mass is 9.90. The molecule has 0 aliphatic carbocycles. The summed E-state index contributed by atoms with van der Waals surface area (Å²) in [7, 11) is 6.08. The summed E-state index contributed by atoms with van der Waals surface area (Å²) in [6.07, 6.45) is 0. The van der Waals surface area contributed by atoms with Gasteiger partial charge in [-0.1, -0.05) is 48.5 Å². The predicted octanol–water partition coefficient (Wildman–Crippen LogP) is 2.89. The van der Waals surface area contributed by atoms with Crippen molar-refractivity contribution < 1.29 is 4.42 Å². The summed E-state index contributed by atoms with van der Waals surface area (Å²) in [6, 6.07) is 17.7. The standard InChI is InChI=1S/C14H9BO/c15-13-11-8-4-5-9-12(11)16-14(13)10-6-2-1-3-7-10/h1-9H. The van der Waals surface area contributed by atoms with E-state index < -0.39 is 0 Å². The van der Waals surface area contributed by atoms with Gasteiger partial charge in [-0.15, -0.1) is 0 Å². The highest BCUT2D eigenvalue weighted by Crippen LogP contribution is 2.24. The third-order valence-corrected chi connectivity index (χ3v) is 2.67. The van der Waals surface area contributed by atoms with Gasteiger partial charge in [0.2, 0.25) is 0 Å². The molecule has 0 bridgehead atoms. The zero-order chi connectivity index (χ0) is 11.0. The zero-order valence-electron chi connectivity index (χ0n) is 8.68. The molecule has 3 aromatic rings. The molecular formula is C14H9BO. The van der Waals surface area contributed by atoms with Crippen molar-refractivity contribution in [3.63, 3.8) is 0 Å². The second-order valence-corrected chi connectivity index (χ2v) is 3.71. The number of benzene rings is 2. The van der Waals surface area contributed by atoms with E-state index in [0.29, 0.717) is 5.46 Å². The molecule has 2 heteroatoms. The van der Waals surface area contributed by atoms with Gasteiger partial charge in [-0.2, -0.15) is 0 Å². The summed E-state index contributed by atoms with van der Waals surface area (Å²) in [5, 5.41) is 0.973. The molecule has 0 aliphatic heterocycles. The first kappa shape index (κ1) is 9.28. The van der Waals surface area contributed by atoms with Crippen molar-refractivity contribution in [1.29, 1.82) is 0 Å². The van der Waals surface area contributed by atoms with Crippen LogP contribution < -0.4 is 5.46 Å². The molecule has 0 N–H and O–H groups in total. The Balaban J connectivity index is 2.29. The molecule has 3 rings (SSSR count). The number of furan rings is 1. The first-order valence-corrected chi connectivity index (χ1v) is 5.18. The highest BCUT2D eigenvalue weighted by atomic mass is 16.3. The maximum Gasteiger partial charge on any atom is 0.134 e. The molecule has 0 spiro atoms. The Morgan fingerprint density at radius 1 is 0.812 bits per heavy atom. The number of hydrogen-bond acceptors (Lipinski definition) is 1. The number of hydrogen-bond donors (Lipinski definition) is 0. The largest absolute Gasteiger partial charge is 0.457 e. The fourth-order valence-corrected chi connectivity index (χ4v) is 1.87. The predicted molar refractivity (Wildman–Crippen MR) is 67.0 cm³/mol. The normalized spacial score (nSPS) is 10.8. The first-order valence-electron chi connectivity index (χ1n) is 5.18. The smallest absolute Gasteiger partial charge is 0.134 e. The van der Waals surface area contributed by atoms with Crippen LogP contribution in [0.15, 0.2) is 59.0 Å². The summed E-state index contributed by atoms with van der Waals surface area (Å²) in [5.74, 6) is 0.752. The molecule has 0 unspecified atom stereocenters.